The van der Waals surface area contributed by atoms with Crippen molar-refractivity contribution < 1.29 is 9.47 Å². The molecule has 0 saturated carbocycles. The average molecular weight is 293 g/mol. The Kier molecular flexibility index (Phi) is 8.21. The van der Waals surface area contributed by atoms with Gasteiger partial charge in [0.25, 0.3) is 0 Å². The van der Waals surface area contributed by atoms with E-state index >= 15 is 0 Å². The van der Waals surface area contributed by atoms with E-state index < -0.39 is 0 Å². The molecule has 0 aliphatic heterocycles. The summed E-state index contributed by atoms with van der Waals surface area (Å²) in [5.41, 5.74) is 0. The van der Waals surface area contributed by atoms with Gasteiger partial charge in [-0.3, -0.25) is 0 Å². The zero-order valence-electron chi connectivity index (χ0n) is 14.2. The van der Waals surface area contributed by atoms with E-state index in [-0.39, 0.29) is 0 Å². The maximum atomic E-state index is 5.89. The molecular formula is C18H31NO2. The minimum Gasteiger partial charge on any atom is -0.493 e. The lowest BCUT2D eigenvalue weighted by molar-refractivity contribution is 0.245. The van der Waals surface area contributed by atoms with Crippen LogP contribution in [-0.4, -0.2) is 26.3 Å². The van der Waals surface area contributed by atoms with Crippen molar-refractivity contribution in [2.24, 2.45) is 11.8 Å². The first-order valence-electron chi connectivity index (χ1n) is 8.02. The molecule has 0 radical (unpaired) electrons. The summed E-state index contributed by atoms with van der Waals surface area (Å²) in [6.07, 6.45) is 2.30. The second kappa shape index (κ2) is 9.67. The highest BCUT2D eigenvalue weighted by Crippen LogP contribution is 2.26. The summed E-state index contributed by atoms with van der Waals surface area (Å²) in [5.74, 6) is 3.01. The summed E-state index contributed by atoms with van der Waals surface area (Å²) in [7, 11) is 1.68. The summed E-state index contributed by atoms with van der Waals surface area (Å²) < 4.78 is 11.2. The minimum atomic E-state index is 0.537. The number of hydrogen-bond donors (Lipinski definition) is 1. The van der Waals surface area contributed by atoms with Crippen LogP contribution in [0.15, 0.2) is 24.3 Å². The normalized spacial score (nSPS) is 12.7. The number of benzene rings is 1. The Morgan fingerprint density at radius 3 is 2.29 bits per heavy atom. The quantitative estimate of drug-likeness (QED) is 0.704. The Bertz CT molecular complexity index is 391. The van der Waals surface area contributed by atoms with E-state index in [1.807, 2.05) is 24.3 Å². The molecule has 0 amide bonds. The van der Waals surface area contributed by atoms with E-state index in [9.17, 15) is 0 Å². The maximum Gasteiger partial charge on any atom is 0.161 e. The number of nitrogens with one attached hydrogen (secondary N) is 1. The van der Waals surface area contributed by atoms with Crippen LogP contribution in [0, 0.1) is 11.8 Å². The fourth-order valence-electron chi connectivity index (χ4n) is 2.45. The fraction of sp³-hybridized carbons (Fsp3) is 0.667. The van der Waals surface area contributed by atoms with E-state index in [4.69, 9.17) is 9.47 Å². The first-order valence-corrected chi connectivity index (χ1v) is 8.02. The molecule has 0 aliphatic carbocycles. The molecule has 0 spiro atoms. The van der Waals surface area contributed by atoms with E-state index in [1.165, 1.54) is 6.42 Å². The first kappa shape index (κ1) is 17.8. The topological polar surface area (TPSA) is 30.5 Å². The van der Waals surface area contributed by atoms with Crippen LogP contribution in [0.4, 0.5) is 0 Å². The molecule has 0 bridgehead atoms. The van der Waals surface area contributed by atoms with Crippen LogP contribution in [0.5, 0.6) is 11.5 Å². The predicted molar refractivity (Wildman–Crippen MR) is 89.2 cm³/mol. The number of hydrogen-bond acceptors (Lipinski definition) is 3. The van der Waals surface area contributed by atoms with Crippen molar-refractivity contribution in [3.63, 3.8) is 0 Å². The van der Waals surface area contributed by atoms with E-state index in [1.54, 1.807) is 7.11 Å². The second-order valence-corrected chi connectivity index (χ2v) is 6.35. The third-order valence-corrected chi connectivity index (χ3v) is 3.47. The largest absolute Gasteiger partial charge is 0.493 e. The van der Waals surface area contributed by atoms with Crippen molar-refractivity contribution in [1.82, 2.24) is 5.32 Å². The Morgan fingerprint density at radius 2 is 1.71 bits per heavy atom. The molecule has 120 valence electrons. The Labute approximate surface area is 130 Å². The summed E-state index contributed by atoms with van der Waals surface area (Å²) >= 11 is 0. The van der Waals surface area contributed by atoms with Gasteiger partial charge in [-0.2, -0.15) is 0 Å². The Morgan fingerprint density at radius 1 is 1.05 bits per heavy atom. The molecule has 0 saturated heterocycles. The summed E-state index contributed by atoms with van der Waals surface area (Å²) in [6.45, 7) is 10.7. The van der Waals surface area contributed by atoms with Crippen molar-refractivity contribution in [3.8, 4) is 11.5 Å². The minimum absolute atomic E-state index is 0.537. The Hall–Kier alpha value is -1.22. The maximum absolute atomic E-state index is 5.89. The summed E-state index contributed by atoms with van der Waals surface area (Å²) in [4.78, 5) is 0. The van der Waals surface area contributed by atoms with Crippen LogP contribution >= 0.6 is 0 Å². The van der Waals surface area contributed by atoms with E-state index in [0.717, 1.165) is 37.0 Å². The van der Waals surface area contributed by atoms with E-state index in [2.05, 4.69) is 33.0 Å². The molecule has 0 fully saturated rings. The zero-order valence-corrected chi connectivity index (χ0v) is 14.2. The van der Waals surface area contributed by atoms with Crippen molar-refractivity contribution in [2.45, 2.75) is 46.6 Å². The van der Waals surface area contributed by atoms with Crippen LogP contribution in [0.1, 0.15) is 40.5 Å². The number of rotatable bonds is 10. The second-order valence-electron chi connectivity index (χ2n) is 6.35. The highest BCUT2D eigenvalue weighted by molar-refractivity contribution is 5.39. The number of ether oxygens (including phenoxy) is 2. The zero-order chi connectivity index (χ0) is 15.7. The lowest BCUT2D eigenvalue weighted by Crippen LogP contribution is -2.30. The molecule has 3 nitrogen and oxygen atoms in total. The van der Waals surface area contributed by atoms with Crippen LogP contribution in [0.3, 0.4) is 0 Å². The Balaban J connectivity index is 2.44. The molecule has 1 N–H and O–H groups in total. The third-order valence-electron chi connectivity index (χ3n) is 3.47. The molecular weight excluding hydrogens is 262 g/mol. The molecule has 1 aromatic carbocycles. The molecule has 1 unspecified atom stereocenters. The molecule has 1 rings (SSSR count). The van der Waals surface area contributed by atoms with Gasteiger partial charge >= 0.3 is 0 Å². The first-order chi connectivity index (χ1) is 10.0. The van der Waals surface area contributed by atoms with Crippen molar-refractivity contribution in [3.05, 3.63) is 24.3 Å². The number of methoxy groups -OCH3 is 1. The predicted octanol–water partition coefficient (Wildman–Crippen LogP) is 4.12. The van der Waals surface area contributed by atoms with Crippen LogP contribution in [0.2, 0.25) is 0 Å². The molecule has 0 aliphatic rings. The van der Waals surface area contributed by atoms with Gasteiger partial charge in [0.15, 0.2) is 11.5 Å². The van der Waals surface area contributed by atoms with Gasteiger partial charge in [0.1, 0.15) is 0 Å². The van der Waals surface area contributed by atoms with Crippen molar-refractivity contribution >= 4 is 0 Å². The van der Waals surface area contributed by atoms with Gasteiger partial charge in [-0.25, -0.2) is 0 Å². The SMILES string of the molecule is COc1ccccc1OCCC(CNC(C)C)CC(C)C. The van der Waals surface area contributed by atoms with Crippen LogP contribution in [-0.2, 0) is 0 Å². The van der Waals surface area contributed by atoms with Gasteiger partial charge in [-0.15, -0.1) is 0 Å². The highest BCUT2D eigenvalue weighted by atomic mass is 16.5. The standard InChI is InChI=1S/C18H31NO2/c1-14(2)12-16(13-19-15(3)4)10-11-21-18-9-7-6-8-17(18)20-5/h6-9,14-16,19H,10-13H2,1-5H3. The van der Waals surface area contributed by atoms with Gasteiger partial charge in [0.2, 0.25) is 0 Å². The molecule has 0 aromatic heterocycles. The lowest BCUT2D eigenvalue weighted by Gasteiger charge is -2.21. The van der Waals surface area contributed by atoms with Gasteiger partial charge < -0.3 is 14.8 Å². The molecule has 1 aromatic rings. The molecule has 21 heavy (non-hydrogen) atoms. The fourth-order valence-corrected chi connectivity index (χ4v) is 2.45. The van der Waals surface area contributed by atoms with Crippen molar-refractivity contribution in [1.29, 1.82) is 0 Å². The van der Waals surface area contributed by atoms with Gasteiger partial charge in [-0.1, -0.05) is 39.8 Å². The molecule has 0 heterocycles. The average Bonchev–Trinajstić information content (AvgIpc) is 2.44. The molecule has 1 atom stereocenters. The number of para-hydroxylation sites is 2. The summed E-state index contributed by atoms with van der Waals surface area (Å²) in [6, 6.07) is 8.36. The lowest BCUT2D eigenvalue weighted by atomic mass is 9.94. The monoisotopic (exact) mass is 293 g/mol. The highest BCUT2D eigenvalue weighted by Gasteiger charge is 2.12. The van der Waals surface area contributed by atoms with E-state index in [0.29, 0.717) is 12.0 Å². The summed E-state index contributed by atoms with van der Waals surface area (Å²) in [5, 5.41) is 3.54. The third kappa shape index (κ3) is 7.37. The van der Waals surface area contributed by atoms with Crippen LogP contribution < -0.4 is 14.8 Å². The van der Waals surface area contributed by atoms with Crippen molar-refractivity contribution in [2.75, 3.05) is 20.3 Å². The van der Waals surface area contributed by atoms with Gasteiger partial charge in [0, 0.05) is 6.04 Å². The van der Waals surface area contributed by atoms with Crippen LogP contribution in [0.25, 0.3) is 0 Å². The van der Waals surface area contributed by atoms with Gasteiger partial charge in [0.05, 0.1) is 13.7 Å². The molecule has 3 heteroatoms. The van der Waals surface area contributed by atoms with Gasteiger partial charge in [-0.05, 0) is 43.4 Å². The smallest absolute Gasteiger partial charge is 0.161 e.